The number of ether oxygens (including phenoxy) is 1. The van der Waals surface area contributed by atoms with Crippen molar-refractivity contribution in [2.75, 3.05) is 5.32 Å². The number of fused-ring (bicyclic) bond motifs is 1. The fourth-order valence-corrected chi connectivity index (χ4v) is 4.84. The number of primary sulfonamides is 1. The first-order valence-electron chi connectivity index (χ1n) is 8.50. The number of nitrogens with two attached hydrogens (primary N) is 2. The molecule has 0 saturated carbocycles. The monoisotopic (exact) mass is 459 g/mol. The zero-order valence-electron chi connectivity index (χ0n) is 15.2. The molecule has 11 heteroatoms. The van der Waals surface area contributed by atoms with Gasteiger partial charge in [0, 0.05) is 10.7 Å². The van der Waals surface area contributed by atoms with E-state index in [9.17, 15) is 13.7 Å². The Kier molecular flexibility index (Phi) is 5.13. The molecule has 1 aromatic heterocycles. The molecule has 0 amide bonds. The number of nitrogens with one attached hydrogen (secondary N) is 1. The highest BCUT2D eigenvalue weighted by atomic mass is 35.5. The van der Waals surface area contributed by atoms with E-state index in [1.807, 2.05) is 12.1 Å². The Labute approximate surface area is 181 Å². The lowest BCUT2D eigenvalue weighted by atomic mass is 9.89. The summed E-state index contributed by atoms with van der Waals surface area (Å²) in [6.07, 6.45) is 0. The van der Waals surface area contributed by atoms with Crippen LogP contribution in [-0.4, -0.2) is 13.4 Å². The molecule has 0 aliphatic carbocycles. The highest BCUT2D eigenvalue weighted by molar-refractivity contribution is 7.89. The zero-order chi connectivity index (χ0) is 21.5. The lowest BCUT2D eigenvalue weighted by molar-refractivity contribution is 0.383. The molecule has 1 aliphatic rings. The van der Waals surface area contributed by atoms with E-state index in [0.29, 0.717) is 20.7 Å². The van der Waals surface area contributed by atoms with Crippen molar-refractivity contribution in [2.45, 2.75) is 10.8 Å². The predicted molar refractivity (Wildman–Crippen MR) is 114 cm³/mol. The second-order valence-corrected chi connectivity index (χ2v) is 9.33. The smallest absolute Gasteiger partial charge is 0.238 e. The molecule has 152 valence electrons. The summed E-state index contributed by atoms with van der Waals surface area (Å²) in [5.74, 6) is -0.250. The van der Waals surface area contributed by atoms with Gasteiger partial charge in [-0.15, -0.1) is 0 Å². The van der Waals surface area contributed by atoms with E-state index >= 15 is 0 Å². The topological polar surface area (TPSA) is 144 Å². The SMILES string of the molecule is N#CC1=C(N)Oc2nc(Nc3ccc(S(N)(=O)=O)cc3)sc2C1c1ccccc1Cl. The molecular formula is C19H14ClN5O3S2. The van der Waals surface area contributed by atoms with Crippen LogP contribution in [0.15, 0.2) is 64.9 Å². The number of hydrogen-bond acceptors (Lipinski definition) is 8. The van der Waals surface area contributed by atoms with Gasteiger partial charge >= 0.3 is 0 Å². The first kappa shape index (κ1) is 20.2. The maximum absolute atomic E-state index is 11.4. The number of benzene rings is 2. The van der Waals surface area contributed by atoms with Crippen LogP contribution >= 0.6 is 22.9 Å². The summed E-state index contributed by atoms with van der Waals surface area (Å²) in [6.45, 7) is 0. The fourth-order valence-electron chi connectivity index (χ4n) is 3.04. The van der Waals surface area contributed by atoms with Crippen molar-refractivity contribution in [3.8, 4) is 11.9 Å². The maximum Gasteiger partial charge on any atom is 0.238 e. The summed E-state index contributed by atoms with van der Waals surface area (Å²) >= 11 is 7.66. The predicted octanol–water partition coefficient (Wildman–Crippen LogP) is 3.41. The number of thiazole rings is 1. The van der Waals surface area contributed by atoms with Crippen molar-refractivity contribution in [1.29, 1.82) is 5.26 Å². The van der Waals surface area contributed by atoms with Crippen molar-refractivity contribution >= 4 is 43.8 Å². The Balaban J connectivity index is 1.71. The quantitative estimate of drug-likeness (QED) is 0.542. The largest absolute Gasteiger partial charge is 0.421 e. The second kappa shape index (κ2) is 7.62. The van der Waals surface area contributed by atoms with Crippen LogP contribution in [-0.2, 0) is 10.0 Å². The molecule has 1 unspecified atom stereocenters. The van der Waals surface area contributed by atoms with E-state index in [-0.39, 0.29) is 22.2 Å². The summed E-state index contributed by atoms with van der Waals surface area (Å²) in [5.41, 5.74) is 7.54. The third-order valence-corrected chi connectivity index (χ3v) is 6.70. The van der Waals surface area contributed by atoms with Crippen LogP contribution in [0.25, 0.3) is 0 Å². The molecule has 2 heterocycles. The minimum absolute atomic E-state index is 0.00392. The molecule has 4 rings (SSSR count). The minimum Gasteiger partial charge on any atom is -0.421 e. The van der Waals surface area contributed by atoms with Crippen molar-refractivity contribution in [3.05, 3.63) is 75.5 Å². The highest BCUT2D eigenvalue weighted by Crippen LogP contribution is 2.48. The van der Waals surface area contributed by atoms with E-state index < -0.39 is 15.9 Å². The number of anilines is 2. The number of halogens is 1. The van der Waals surface area contributed by atoms with Gasteiger partial charge in [-0.1, -0.05) is 41.1 Å². The van der Waals surface area contributed by atoms with Gasteiger partial charge in [0.1, 0.15) is 11.6 Å². The molecule has 3 aromatic rings. The minimum atomic E-state index is -3.78. The maximum atomic E-state index is 11.4. The number of nitrogens with zero attached hydrogens (tertiary/aromatic N) is 2. The standard InChI is InChI=1S/C19H14ClN5O3S2/c20-14-4-2-1-3-12(14)15-13(9-21)17(22)28-18-16(15)29-19(25-18)24-10-5-7-11(8-6-10)30(23,26)27/h1-8,15H,22H2,(H,24,25)(H2,23,26,27). The van der Waals surface area contributed by atoms with E-state index in [1.54, 1.807) is 24.3 Å². The molecule has 0 radical (unpaired) electrons. The molecule has 0 bridgehead atoms. The van der Waals surface area contributed by atoms with Gasteiger partial charge in [0.15, 0.2) is 5.13 Å². The molecule has 8 nitrogen and oxygen atoms in total. The summed E-state index contributed by atoms with van der Waals surface area (Å²) in [5, 5.41) is 18.8. The van der Waals surface area contributed by atoms with Crippen molar-refractivity contribution in [3.63, 3.8) is 0 Å². The lowest BCUT2D eigenvalue weighted by Gasteiger charge is -2.23. The number of aromatic nitrogens is 1. The summed E-state index contributed by atoms with van der Waals surface area (Å²) in [7, 11) is -3.78. The third-order valence-electron chi connectivity index (χ3n) is 4.41. The van der Waals surface area contributed by atoms with E-state index in [0.717, 1.165) is 5.56 Å². The number of rotatable bonds is 4. The van der Waals surface area contributed by atoms with Gasteiger partial charge < -0.3 is 15.8 Å². The van der Waals surface area contributed by atoms with Gasteiger partial charge in [0.2, 0.25) is 21.8 Å². The Morgan fingerprint density at radius 2 is 1.90 bits per heavy atom. The van der Waals surface area contributed by atoms with Gasteiger partial charge in [-0.25, -0.2) is 13.6 Å². The normalized spacial score (nSPS) is 15.8. The molecule has 30 heavy (non-hydrogen) atoms. The van der Waals surface area contributed by atoms with Crippen LogP contribution in [0, 0.1) is 11.3 Å². The van der Waals surface area contributed by atoms with Crippen LogP contribution in [0.5, 0.6) is 5.88 Å². The van der Waals surface area contributed by atoms with Crippen LogP contribution in [0.2, 0.25) is 5.02 Å². The first-order valence-corrected chi connectivity index (χ1v) is 11.2. The van der Waals surface area contributed by atoms with Gasteiger partial charge in [-0.2, -0.15) is 10.2 Å². The summed E-state index contributed by atoms with van der Waals surface area (Å²) in [6, 6.07) is 15.2. The van der Waals surface area contributed by atoms with Crippen molar-refractivity contribution < 1.29 is 13.2 Å². The summed E-state index contributed by atoms with van der Waals surface area (Å²) < 4.78 is 28.4. The van der Waals surface area contributed by atoms with Gasteiger partial charge in [-0.3, -0.25) is 0 Å². The number of allylic oxidation sites excluding steroid dienone is 1. The van der Waals surface area contributed by atoms with Crippen LogP contribution in [0.1, 0.15) is 16.4 Å². The average molecular weight is 460 g/mol. The van der Waals surface area contributed by atoms with Crippen molar-refractivity contribution in [1.82, 2.24) is 4.98 Å². The Morgan fingerprint density at radius 3 is 2.53 bits per heavy atom. The number of nitriles is 1. The molecular weight excluding hydrogens is 446 g/mol. The van der Waals surface area contributed by atoms with Crippen LogP contribution in [0.3, 0.4) is 0 Å². The van der Waals surface area contributed by atoms with Gasteiger partial charge in [0.25, 0.3) is 0 Å². The number of hydrogen-bond donors (Lipinski definition) is 3. The van der Waals surface area contributed by atoms with E-state index in [1.165, 1.54) is 23.5 Å². The highest BCUT2D eigenvalue weighted by Gasteiger charge is 2.35. The van der Waals surface area contributed by atoms with Gasteiger partial charge in [0.05, 0.1) is 15.7 Å². The summed E-state index contributed by atoms with van der Waals surface area (Å²) in [4.78, 5) is 5.10. The lowest BCUT2D eigenvalue weighted by Crippen LogP contribution is -2.20. The molecule has 0 fully saturated rings. The molecule has 5 N–H and O–H groups in total. The Bertz CT molecular complexity index is 1310. The molecule has 0 spiro atoms. The van der Waals surface area contributed by atoms with E-state index in [2.05, 4.69) is 16.4 Å². The third kappa shape index (κ3) is 3.71. The number of sulfonamides is 1. The fraction of sp³-hybridized carbons (Fsp3) is 0.0526. The molecule has 1 aliphatic heterocycles. The molecule has 0 saturated heterocycles. The second-order valence-electron chi connectivity index (χ2n) is 6.33. The van der Waals surface area contributed by atoms with Crippen molar-refractivity contribution in [2.24, 2.45) is 10.9 Å². The first-order chi connectivity index (χ1) is 14.3. The van der Waals surface area contributed by atoms with Gasteiger partial charge in [-0.05, 0) is 35.9 Å². The van der Waals surface area contributed by atoms with Crippen LogP contribution in [0.4, 0.5) is 10.8 Å². The Hall–Kier alpha value is -3.10. The average Bonchev–Trinajstić information content (AvgIpc) is 3.09. The van der Waals surface area contributed by atoms with Crippen LogP contribution < -0.4 is 20.9 Å². The molecule has 2 aromatic carbocycles. The molecule has 1 atom stereocenters. The van der Waals surface area contributed by atoms with E-state index in [4.69, 9.17) is 27.2 Å². The zero-order valence-corrected chi connectivity index (χ0v) is 17.6. The Morgan fingerprint density at radius 1 is 1.20 bits per heavy atom.